The summed E-state index contributed by atoms with van der Waals surface area (Å²) in [7, 11) is 0. The van der Waals surface area contributed by atoms with Crippen LogP contribution in [0.25, 0.3) is 0 Å². The van der Waals surface area contributed by atoms with Crippen LogP contribution in [0.2, 0.25) is 0 Å². The minimum Gasteiger partial charge on any atom is -0.352 e. The lowest BCUT2D eigenvalue weighted by atomic mass is 10.0. The number of quaternary nitrogens is 1. The molecule has 21 heavy (non-hydrogen) atoms. The normalized spacial score (nSPS) is 22.0. The van der Waals surface area contributed by atoms with Gasteiger partial charge in [0.25, 0.3) is 5.91 Å². The van der Waals surface area contributed by atoms with Gasteiger partial charge >= 0.3 is 0 Å². The zero-order valence-corrected chi connectivity index (χ0v) is 14.0. The summed E-state index contributed by atoms with van der Waals surface area (Å²) in [4.78, 5) is 13.7. The lowest BCUT2D eigenvalue weighted by Crippen LogP contribution is -3.16. The third kappa shape index (κ3) is 4.78. The molecule has 2 atom stereocenters. The number of carbonyl (C=O) groups excluding carboxylic acids is 1. The van der Waals surface area contributed by atoms with Gasteiger partial charge in [0.1, 0.15) is 5.82 Å². The smallest absolute Gasteiger partial charge is 0.252 e. The van der Waals surface area contributed by atoms with Gasteiger partial charge < -0.3 is 10.2 Å². The molecule has 0 radical (unpaired) electrons. The molecule has 1 aliphatic rings. The third-order valence-electron chi connectivity index (χ3n) is 4.22. The predicted molar refractivity (Wildman–Crippen MR) is 85.1 cm³/mol. The van der Waals surface area contributed by atoms with E-state index in [2.05, 4.69) is 28.2 Å². The Morgan fingerprint density at radius 3 is 3.05 bits per heavy atom. The molecule has 1 aliphatic heterocycles. The molecule has 1 unspecified atom stereocenters. The molecule has 1 fully saturated rings. The van der Waals surface area contributed by atoms with Gasteiger partial charge in [-0.15, -0.1) is 0 Å². The Kier molecular flexibility index (Phi) is 6.18. The number of nitrogens with one attached hydrogen (secondary N) is 2. The van der Waals surface area contributed by atoms with Gasteiger partial charge in [0, 0.05) is 17.4 Å². The Balaban J connectivity index is 1.75. The van der Waals surface area contributed by atoms with E-state index in [0.29, 0.717) is 16.6 Å². The van der Waals surface area contributed by atoms with Gasteiger partial charge in [-0.2, -0.15) is 0 Å². The Bertz CT molecular complexity index is 495. The SMILES string of the molecule is C[C@H]1CCCC[NH+]1CCCNC(=O)c1cc(F)ccc1Br. The first-order valence-electron chi connectivity index (χ1n) is 7.66. The Morgan fingerprint density at radius 2 is 2.29 bits per heavy atom. The predicted octanol–water partition coefficient (Wildman–Crippen LogP) is 2.17. The second-order valence-corrected chi connectivity index (χ2v) is 6.64. The zero-order chi connectivity index (χ0) is 15.2. The second-order valence-electron chi connectivity index (χ2n) is 5.79. The van der Waals surface area contributed by atoms with E-state index < -0.39 is 5.82 Å². The summed E-state index contributed by atoms with van der Waals surface area (Å²) in [5, 5.41) is 2.87. The molecule has 1 aromatic rings. The average Bonchev–Trinajstić information content (AvgIpc) is 2.47. The van der Waals surface area contributed by atoms with Gasteiger partial charge in [-0.25, -0.2) is 4.39 Å². The van der Waals surface area contributed by atoms with Crippen molar-refractivity contribution in [2.24, 2.45) is 0 Å². The van der Waals surface area contributed by atoms with Crippen molar-refractivity contribution < 1.29 is 14.1 Å². The molecule has 0 saturated carbocycles. The molecule has 2 N–H and O–H groups in total. The van der Waals surface area contributed by atoms with Crippen LogP contribution >= 0.6 is 15.9 Å². The number of amides is 1. The maximum atomic E-state index is 13.2. The lowest BCUT2D eigenvalue weighted by Gasteiger charge is -2.30. The first kappa shape index (κ1) is 16.4. The maximum Gasteiger partial charge on any atom is 0.252 e. The number of benzene rings is 1. The van der Waals surface area contributed by atoms with Crippen LogP contribution in [0.5, 0.6) is 0 Å². The standard InChI is InChI=1S/C16H22BrFN2O/c1-12-5-2-3-9-20(12)10-4-8-19-16(21)14-11-13(18)6-7-15(14)17/h6-7,11-12H,2-5,8-10H2,1H3,(H,19,21)/p+1/t12-/m0/s1. The molecule has 3 nitrogen and oxygen atoms in total. The van der Waals surface area contributed by atoms with Crippen molar-refractivity contribution in [2.75, 3.05) is 19.6 Å². The van der Waals surface area contributed by atoms with Gasteiger partial charge in [0.05, 0.1) is 24.7 Å². The Labute approximate surface area is 134 Å². The molecule has 1 heterocycles. The van der Waals surface area contributed by atoms with Crippen LogP contribution in [0, 0.1) is 5.82 Å². The molecule has 0 spiro atoms. The molecular weight excluding hydrogens is 335 g/mol. The van der Waals surface area contributed by atoms with Crippen LogP contribution in [0.3, 0.4) is 0 Å². The first-order chi connectivity index (χ1) is 10.1. The van der Waals surface area contributed by atoms with Crippen LogP contribution in [-0.4, -0.2) is 31.6 Å². The van der Waals surface area contributed by atoms with E-state index in [1.807, 2.05) is 0 Å². The second kappa shape index (κ2) is 7.90. The Hall–Kier alpha value is -0.940. The van der Waals surface area contributed by atoms with Gasteiger partial charge in [0.2, 0.25) is 0 Å². The summed E-state index contributed by atoms with van der Waals surface area (Å²) in [6.07, 6.45) is 4.91. The summed E-state index contributed by atoms with van der Waals surface area (Å²) in [6.45, 7) is 5.27. The van der Waals surface area contributed by atoms with E-state index in [-0.39, 0.29) is 5.91 Å². The first-order valence-corrected chi connectivity index (χ1v) is 8.45. The number of hydrogen-bond donors (Lipinski definition) is 2. The zero-order valence-electron chi connectivity index (χ0n) is 12.4. The van der Waals surface area contributed by atoms with E-state index in [1.54, 1.807) is 11.0 Å². The van der Waals surface area contributed by atoms with E-state index >= 15 is 0 Å². The molecule has 0 aromatic heterocycles. The van der Waals surface area contributed by atoms with Crippen molar-refractivity contribution in [3.63, 3.8) is 0 Å². The summed E-state index contributed by atoms with van der Waals surface area (Å²) in [5.74, 6) is -0.613. The van der Waals surface area contributed by atoms with Gasteiger partial charge in [-0.05, 0) is 60.3 Å². The minimum atomic E-state index is -0.394. The topological polar surface area (TPSA) is 33.5 Å². The fourth-order valence-corrected chi connectivity index (χ4v) is 3.34. The van der Waals surface area contributed by atoms with Crippen molar-refractivity contribution in [2.45, 2.75) is 38.6 Å². The molecule has 0 bridgehead atoms. The van der Waals surface area contributed by atoms with Crippen LogP contribution in [0.1, 0.15) is 43.0 Å². The van der Waals surface area contributed by atoms with Crippen LogP contribution in [-0.2, 0) is 0 Å². The summed E-state index contributed by atoms with van der Waals surface area (Å²) >= 11 is 3.28. The molecule has 0 aliphatic carbocycles. The average molecular weight is 358 g/mol. The third-order valence-corrected chi connectivity index (χ3v) is 4.91. The highest BCUT2D eigenvalue weighted by Gasteiger charge is 2.21. The van der Waals surface area contributed by atoms with Crippen molar-refractivity contribution >= 4 is 21.8 Å². The van der Waals surface area contributed by atoms with E-state index in [0.717, 1.165) is 19.0 Å². The number of hydrogen-bond acceptors (Lipinski definition) is 1. The molecule has 116 valence electrons. The van der Waals surface area contributed by atoms with Crippen LogP contribution < -0.4 is 10.2 Å². The minimum absolute atomic E-state index is 0.219. The highest BCUT2D eigenvalue weighted by atomic mass is 79.9. The summed E-state index contributed by atoms with van der Waals surface area (Å²) in [6, 6.07) is 4.88. The number of likely N-dealkylation sites (tertiary alicyclic amines) is 1. The largest absolute Gasteiger partial charge is 0.352 e. The van der Waals surface area contributed by atoms with Gasteiger partial charge in [-0.3, -0.25) is 4.79 Å². The van der Waals surface area contributed by atoms with E-state index in [4.69, 9.17) is 0 Å². The summed E-state index contributed by atoms with van der Waals surface area (Å²) < 4.78 is 13.8. The molecule has 2 rings (SSSR count). The maximum absolute atomic E-state index is 13.2. The molecule has 5 heteroatoms. The Morgan fingerprint density at radius 1 is 1.48 bits per heavy atom. The number of halogens is 2. The molecule has 1 amide bonds. The van der Waals surface area contributed by atoms with E-state index in [1.165, 1.54) is 37.9 Å². The monoisotopic (exact) mass is 357 g/mol. The van der Waals surface area contributed by atoms with Crippen LogP contribution in [0.15, 0.2) is 22.7 Å². The van der Waals surface area contributed by atoms with Gasteiger partial charge in [-0.1, -0.05) is 0 Å². The molecular formula is C16H23BrFN2O+. The fraction of sp³-hybridized carbons (Fsp3) is 0.562. The quantitative estimate of drug-likeness (QED) is 0.778. The number of piperidine rings is 1. The molecule has 1 aromatic carbocycles. The van der Waals surface area contributed by atoms with Gasteiger partial charge in [0.15, 0.2) is 0 Å². The van der Waals surface area contributed by atoms with Crippen LogP contribution in [0.4, 0.5) is 4.39 Å². The van der Waals surface area contributed by atoms with Crippen molar-refractivity contribution in [3.05, 3.63) is 34.1 Å². The highest BCUT2D eigenvalue weighted by molar-refractivity contribution is 9.10. The highest BCUT2D eigenvalue weighted by Crippen LogP contribution is 2.17. The van der Waals surface area contributed by atoms with Crippen molar-refractivity contribution in [1.29, 1.82) is 0 Å². The number of carbonyl (C=O) groups is 1. The fourth-order valence-electron chi connectivity index (χ4n) is 2.91. The van der Waals surface area contributed by atoms with Crippen molar-refractivity contribution in [1.82, 2.24) is 5.32 Å². The van der Waals surface area contributed by atoms with E-state index in [9.17, 15) is 9.18 Å². The van der Waals surface area contributed by atoms with Crippen molar-refractivity contribution in [3.8, 4) is 0 Å². The number of rotatable bonds is 5. The lowest BCUT2D eigenvalue weighted by molar-refractivity contribution is -0.928. The molecule has 1 saturated heterocycles. The summed E-state index contributed by atoms with van der Waals surface area (Å²) in [5.41, 5.74) is 0.355.